The number of urea groups is 1. The van der Waals surface area contributed by atoms with Gasteiger partial charge in [0, 0.05) is 99.9 Å². The number of unbranched alkanes of at least 4 members (excludes halogenated alkanes) is 1. The zero-order valence-electron chi connectivity index (χ0n) is 59.6. The maximum Gasteiger partial charge on any atom is 0.324 e. The van der Waals surface area contributed by atoms with Gasteiger partial charge in [-0.2, -0.15) is 5.10 Å². The second kappa shape index (κ2) is 37.8. The summed E-state index contributed by atoms with van der Waals surface area (Å²) in [6.07, 6.45) is 9.63. The van der Waals surface area contributed by atoms with E-state index in [1.54, 1.807) is 69.3 Å². The predicted molar refractivity (Wildman–Crippen MR) is 394 cm³/mol. The molecule has 12 N–H and O–H groups in total. The Balaban J connectivity index is 0.740. The molecule has 0 aliphatic carbocycles. The Morgan fingerprint density at radius 3 is 1.97 bits per heavy atom. The number of primary amides is 2. The van der Waals surface area contributed by atoms with E-state index in [0.717, 1.165) is 4.90 Å². The molecular weight excluding hydrogens is 1430 g/mol. The van der Waals surface area contributed by atoms with Gasteiger partial charge < -0.3 is 61.6 Å². The third-order valence-corrected chi connectivity index (χ3v) is 18.7. The molecule has 9 rings (SSSR count). The summed E-state index contributed by atoms with van der Waals surface area (Å²) in [5.41, 5.74) is 16.0. The molecule has 7 aromatic rings. The molecule has 3 aromatic carbocycles. The van der Waals surface area contributed by atoms with Crippen LogP contribution >= 0.6 is 23.1 Å². The molecular formula is C70H84N20O15S2. The highest BCUT2D eigenvalue weighted by Gasteiger charge is 2.29. The van der Waals surface area contributed by atoms with Crippen LogP contribution in [0.3, 0.4) is 0 Å². The molecule has 14 amide bonds. The summed E-state index contributed by atoms with van der Waals surface area (Å²) < 4.78 is 16.9. The van der Waals surface area contributed by atoms with Gasteiger partial charge in [0.05, 0.1) is 59.2 Å². The van der Waals surface area contributed by atoms with Crippen LogP contribution in [0.15, 0.2) is 89.9 Å². The largest absolute Gasteiger partial charge is 0.491 e. The van der Waals surface area contributed by atoms with Crippen molar-refractivity contribution in [2.24, 2.45) is 11.5 Å². The molecule has 0 bridgehead atoms. The SMILES string of the molecule is CCc1nc(C)sc1C(=O)Nc1nc2cc(C(N)=O)cc(OCCCN3CCN(C(=O)NC(=O)COCNC(=O)CNC(=O)[C@H](Cc4ccccc4)NC(=O)CNC(=O)CNC(=O)CCCCN4C(=O)C=CC4=O)CC3)c2n1C/C=C/Cn1c(NC(=O)c2cc(C)nn2CC)nc2cc(C(N)=O)cc(SC)c21. The van der Waals surface area contributed by atoms with Gasteiger partial charge in [-0.05, 0) is 88.6 Å². The number of thioether (sulfide) groups is 1. The van der Waals surface area contributed by atoms with Crippen molar-refractivity contribution in [2.45, 2.75) is 96.8 Å². The standard InChI is InChI=1S/C70H84N20O15S2/c1-6-46-62(107-42(4)77-46)67(102)83-69-79-47-32-44(63(71)98)34-51(60(47)88(69)23-13-14-24-89-61-48(33-45(64(72)99)35-52(61)106-5)80-68(89)82-66(101)50-30-41(3)84-90(50)7-2)105-29-15-21-85-25-27-86(28-26-85)70(103)81-57(95)39-104-40-76-55(93)37-75-65(100)49(31-43-16-9-8-10-17-43)78-56(94)38-74-54(92)36-73-53(91)18-11-12-22-87-58(96)19-20-59(87)97/h8-10,13-14,16-17,19-20,30,32-35,49H,6-7,11-12,15,18,21-29,31,36-40H2,1-5H3,(H2,71,98)(H2,72,99)(H,73,91)(H,74,92)(H,75,100)(H,76,93)(H,78,94)(H,79,83,102)(H,80,82,101)(H,81,95,103)/b14-13+/t49-/m0/s1. The zero-order chi connectivity index (χ0) is 76.8. The minimum atomic E-state index is -1.19. The summed E-state index contributed by atoms with van der Waals surface area (Å²) in [6, 6.07) is 14.8. The Morgan fingerprint density at radius 1 is 0.682 bits per heavy atom. The fraction of sp³-hybridized carbons (Fsp3) is 0.386. The van der Waals surface area contributed by atoms with Crippen molar-refractivity contribution in [1.82, 2.24) is 80.5 Å². The fourth-order valence-corrected chi connectivity index (χ4v) is 13.2. The van der Waals surface area contributed by atoms with Crippen LogP contribution < -0.4 is 58.7 Å². The number of anilines is 2. The molecule has 4 aromatic heterocycles. The Morgan fingerprint density at radius 2 is 1.31 bits per heavy atom. The molecule has 0 unspecified atom stereocenters. The highest BCUT2D eigenvalue weighted by molar-refractivity contribution is 7.98. The number of allylic oxidation sites excluding steroid dienone is 2. The van der Waals surface area contributed by atoms with E-state index in [1.807, 2.05) is 39.2 Å². The number of aromatic nitrogens is 7. The summed E-state index contributed by atoms with van der Waals surface area (Å²) >= 11 is 2.61. The number of benzene rings is 3. The Hall–Kier alpha value is -11.7. The minimum absolute atomic E-state index is 0.0188. The summed E-state index contributed by atoms with van der Waals surface area (Å²) in [7, 11) is 0. The molecule has 35 nitrogen and oxygen atoms in total. The molecule has 37 heteroatoms. The highest BCUT2D eigenvalue weighted by atomic mass is 32.2. The van der Waals surface area contributed by atoms with Gasteiger partial charge in [-0.15, -0.1) is 23.1 Å². The van der Waals surface area contributed by atoms with Gasteiger partial charge >= 0.3 is 6.03 Å². The van der Waals surface area contributed by atoms with E-state index in [1.165, 1.54) is 52.3 Å². The lowest BCUT2D eigenvalue weighted by Crippen LogP contribution is -2.53. The minimum Gasteiger partial charge on any atom is -0.491 e. The molecule has 2 aliphatic heterocycles. The van der Waals surface area contributed by atoms with Crippen molar-refractivity contribution in [2.75, 3.05) is 95.7 Å². The number of imidazole rings is 2. The van der Waals surface area contributed by atoms with Crippen LogP contribution in [-0.4, -0.2) is 217 Å². The lowest BCUT2D eigenvalue weighted by atomic mass is 10.1. The summed E-state index contributed by atoms with van der Waals surface area (Å²) in [5, 5.41) is 25.6. The number of rotatable bonds is 37. The predicted octanol–water partition coefficient (Wildman–Crippen LogP) is 1.80. The van der Waals surface area contributed by atoms with Gasteiger partial charge in [0.25, 0.3) is 29.5 Å². The molecule has 107 heavy (non-hydrogen) atoms. The van der Waals surface area contributed by atoms with E-state index < -0.39 is 116 Å². The normalized spacial score (nSPS) is 13.2. The summed E-state index contributed by atoms with van der Waals surface area (Å²) in [5.74, 6) is -6.65. The lowest BCUT2D eigenvalue weighted by molar-refractivity contribution is -0.137. The first-order chi connectivity index (χ1) is 51.4. The van der Waals surface area contributed by atoms with Gasteiger partial charge in [-0.25, -0.2) is 19.7 Å². The molecule has 0 radical (unpaired) electrons. The summed E-state index contributed by atoms with van der Waals surface area (Å²) in [4.78, 5) is 186. The number of carbonyl (C=O) groups is 13. The molecule has 1 fully saturated rings. The molecule has 6 heterocycles. The molecule has 2 aliphatic rings. The van der Waals surface area contributed by atoms with E-state index in [9.17, 15) is 62.3 Å². The van der Waals surface area contributed by atoms with Crippen LogP contribution in [0.4, 0.5) is 16.7 Å². The number of nitrogens with two attached hydrogens (primary N) is 2. The first kappa shape index (κ1) is 79.4. The maximum atomic E-state index is 14.1. The van der Waals surface area contributed by atoms with Crippen molar-refractivity contribution in [3.05, 3.63) is 129 Å². The van der Waals surface area contributed by atoms with Crippen molar-refractivity contribution < 1.29 is 71.8 Å². The number of amides is 14. The third-order valence-electron chi connectivity index (χ3n) is 16.9. The van der Waals surface area contributed by atoms with Crippen molar-refractivity contribution in [3.63, 3.8) is 0 Å². The Bertz CT molecular complexity index is 4580. The first-order valence-corrected chi connectivity index (χ1v) is 36.4. The van der Waals surface area contributed by atoms with Crippen LogP contribution in [0.1, 0.15) is 102 Å². The second-order valence-corrected chi connectivity index (χ2v) is 26.7. The molecule has 0 saturated carbocycles. The maximum absolute atomic E-state index is 14.1. The highest BCUT2D eigenvalue weighted by Crippen LogP contribution is 2.34. The van der Waals surface area contributed by atoms with Crippen LogP contribution in [0.25, 0.3) is 22.1 Å². The van der Waals surface area contributed by atoms with Crippen LogP contribution in [0.2, 0.25) is 0 Å². The summed E-state index contributed by atoms with van der Waals surface area (Å²) in [6.45, 7) is 7.72. The van der Waals surface area contributed by atoms with Gasteiger partial charge in [-0.3, -0.25) is 88.0 Å². The van der Waals surface area contributed by atoms with E-state index in [4.69, 9.17) is 30.9 Å². The number of nitrogens with zero attached hydrogens (tertiary/aromatic N) is 10. The van der Waals surface area contributed by atoms with E-state index in [0.29, 0.717) is 111 Å². The Labute approximate surface area is 621 Å². The topological polar surface area (TPSA) is 465 Å². The monoisotopic (exact) mass is 1510 g/mol. The number of nitrogens with one attached hydrogen (secondary N) is 8. The number of fused-ring (bicyclic) bond motifs is 2. The number of thiazole rings is 1. The molecule has 1 saturated heterocycles. The zero-order valence-corrected chi connectivity index (χ0v) is 61.2. The van der Waals surface area contributed by atoms with Crippen molar-refractivity contribution >= 4 is 134 Å². The van der Waals surface area contributed by atoms with Crippen LogP contribution in [0, 0.1) is 13.8 Å². The molecule has 566 valence electrons. The number of hydrogen-bond acceptors (Lipinski definition) is 22. The number of piperazine rings is 1. The lowest BCUT2D eigenvalue weighted by Gasteiger charge is -2.34. The first-order valence-electron chi connectivity index (χ1n) is 34.4. The van der Waals surface area contributed by atoms with Gasteiger partial charge in [-0.1, -0.05) is 49.4 Å². The number of carbonyl (C=O) groups excluding carboxylic acids is 13. The van der Waals surface area contributed by atoms with Gasteiger partial charge in [0.1, 0.15) is 41.2 Å². The van der Waals surface area contributed by atoms with Crippen LogP contribution in [-0.2, 0) is 75.6 Å². The number of aryl methyl sites for hydroxylation is 4. The number of imide groups is 2. The number of hydrogen-bond donors (Lipinski definition) is 10. The van der Waals surface area contributed by atoms with Crippen molar-refractivity contribution in [1.29, 1.82) is 0 Å². The van der Waals surface area contributed by atoms with Crippen molar-refractivity contribution in [3.8, 4) is 5.75 Å². The molecule has 0 spiro atoms. The quantitative estimate of drug-likeness (QED) is 0.00872. The average Bonchev–Trinajstić information content (AvgIpc) is 1.62. The van der Waals surface area contributed by atoms with E-state index >= 15 is 0 Å². The third kappa shape index (κ3) is 21.7. The van der Waals surface area contributed by atoms with Gasteiger partial charge in [0.2, 0.25) is 53.2 Å². The molecule has 1 atom stereocenters. The van der Waals surface area contributed by atoms with E-state index in [-0.39, 0.29) is 80.9 Å². The van der Waals surface area contributed by atoms with Crippen LogP contribution in [0.5, 0.6) is 5.75 Å². The van der Waals surface area contributed by atoms with E-state index in [2.05, 4.69) is 57.5 Å². The van der Waals surface area contributed by atoms with Gasteiger partial charge in [0.15, 0.2) is 0 Å². The smallest absolute Gasteiger partial charge is 0.324 e. The Kier molecular flexibility index (Phi) is 28.1. The second-order valence-electron chi connectivity index (χ2n) is 24.6. The fourth-order valence-electron chi connectivity index (χ4n) is 11.6. The average molecular weight is 1510 g/mol. The number of ether oxygens (including phenoxy) is 2.